The lowest BCUT2D eigenvalue weighted by Gasteiger charge is -2.43. The van der Waals surface area contributed by atoms with Crippen molar-refractivity contribution in [1.29, 1.82) is 0 Å². The molecule has 2 aliphatic heterocycles. The van der Waals surface area contributed by atoms with Gasteiger partial charge in [0.15, 0.2) is 5.78 Å². The van der Waals surface area contributed by atoms with Crippen molar-refractivity contribution in [2.24, 2.45) is 0 Å². The van der Waals surface area contributed by atoms with Crippen LogP contribution in [-0.2, 0) is 4.74 Å². The van der Waals surface area contributed by atoms with Crippen molar-refractivity contribution in [3.63, 3.8) is 0 Å². The van der Waals surface area contributed by atoms with E-state index in [-0.39, 0.29) is 11.9 Å². The zero-order valence-electron chi connectivity index (χ0n) is 13.8. The molecule has 1 amide bonds. The van der Waals surface area contributed by atoms with Crippen molar-refractivity contribution in [2.45, 2.75) is 51.2 Å². The Morgan fingerprint density at radius 2 is 2.04 bits per heavy atom. The zero-order valence-corrected chi connectivity index (χ0v) is 13.8. The number of carbonyl (C=O) groups is 2. The topological polar surface area (TPSA) is 68.7 Å². The largest absolute Gasteiger partial charge is 0.486 e. The Morgan fingerprint density at radius 1 is 1.35 bits per heavy atom. The number of rotatable bonds is 0. The quantitative estimate of drug-likeness (QED) is 0.736. The second-order valence-corrected chi connectivity index (χ2v) is 7.22. The van der Waals surface area contributed by atoms with Gasteiger partial charge in [0.05, 0.1) is 12.0 Å². The summed E-state index contributed by atoms with van der Waals surface area (Å²) in [6, 6.07) is 1.73. The van der Waals surface area contributed by atoms with Gasteiger partial charge in [-0.1, -0.05) is 0 Å². The Morgan fingerprint density at radius 3 is 2.70 bits per heavy atom. The Kier molecular flexibility index (Phi) is 3.78. The van der Waals surface area contributed by atoms with Gasteiger partial charge in [-0.3, -0.25) is 9.78 Å². The predicted octanol–water partition coefficient (Wildman–Crippen LogP) is 2.82. The number of hydrogen-bond acceptors (Lipinski definition) is 5. The maximum Gasteiger partial charge on any atom is 0.410 e. The molecule has 3 heterocycles. The fourth-order valence-corrected chi connectivity index (χ4v) is 3.04. The highest BCUT2D eigenvalue weighted by Gasteiger charge is 2.44. The van der Waals surface area contributed by atoms with E-state index >= 15 is 0 Å². The van der Waals surface area contributed by atoms with Gasteiger partial charge in [-0.05, 0) is 26.8 Å². The van der Waals surface area contributed by atoms with Crippen molar-refractivity contribution in [1.82, 2.24) is 9.88 Å². The first kappa shape index (κ1) is 15.8. The number of fused-ring (bicyclic) bond motifs is 1. The lowest BCUT2D eigenvalue weighted by molar-refractivity contribution is -0.0226. The SMILES string of the molecule is CC(C)(C)OC(=O)N1CCC2(CC1)CC(=O)c1cnccc1O2. The van der Waals surface area contributed by atoms with E-state index in [9.17, 15) is 9.59 Å². The number of Topliss-reactive ketones (excluding diaryl/α,β-unsaturated/α-hetero) is 1. The van der Waals surface area contributed by atoms with Gasteiger partial charge in [0, 0.05) is 38.3 Å². The molecule has 1 aromatic heterocycles. The number of amides is 1. The molecule has 124 valence electrons. The highest BCUT2D eigenvalue weighted by Crippen LogP contribution is 2.39. The van der Waals surface area contributed by atoms with Crippen molar-refractivity contribution >= 4 is 11.9 Å². The maximum absolute atomic E-state index is 12.3. The Balaban J connectivity index is 1.67. The minimum atomic E-state index is -0.510. The number of ketones is 1. The molecule has 1 aromatic rings. The molecule has 1 saturated heterocycles. The third kappa shape index (κ3) is 3.30. The molecule has 0 saturated carbocycles. The number of piperidine rings is 1. The molecule has 2 aliphatic rings. The third-order valence-corrected chi connectivity index (χ3v) is 4.22. The first-order valence-corrected chi connectivity index (χ1v) is 7.92. The fraction of sp³-hybridized carbons (Fsp3) is 0.588. The van der Waals surface area contributed by atoms with Gasteiger partial charge in [0.2, 0.25) is 0 Å². The van der Waals surface area contributed by atoms with Crippen molar-refractivity contribution in [3.8, 4) is 5.75 Å². The van der Waals surface area contributed by atoms with E-state index in [1.54, 1.807) is 23.4 Å². The number of hydrogen-bond donors (Lipinski definition) is 0. The molecule has 6 nitrogen and oxygen atoms in total. The first-order valence-electron chi connectivity index (χ1n) is 7.92. The molecular formula is C17H22N2O4. The summed E-state index contributed by atoms with van der Waals surface area (Å²) in [6.45, 7) is 6.61. The molecule has 0 atom stereocenters. The molecule has 1 spiro atoms. The average molecular weight is 318 g/mol. The second-order valence-electron chi connectivity index (χ2n) is 7.22. The third-order valence-electron chi connectivity index (χ3n) is 4.22. The van der Waals surface area contributed by atoms with Crippen LogP contribution in [0.2, 0.25) is 0 Å². The molecular weight excluding hydrogens is 296 g/mol. The van der Waals surface area contributed by atoms with Gasteiger partial charge < -0.3 is 14.4 Å². The van der Waals surface area contributed by atoms with Gasteiger partial charge >= 0.3 is 6.09 Å². The van der Waals surface area contributed by atoms with Gasteiger partial charge in [0.25, 0.3) is 0 Å². The minimum absolute atomic E-state index is 0.0602. The molecule has 0 N–H and O–H groups in total. The maximum atomic E-state index is 12.3. The standard InChI is InChI=1S/C17H22N2O4/c1-16(2,3)23-15(21)19-8-5-17(6-9-19)10-13(20)12-11-18-7-4-14(12)22-17/h4,7,11H,5-6,8-10H2,1-3H3. The second kappa shape index (κ2) is 5.51. The van der Waals surface area contributed by atoms with Crippen LogP contribution in [0.15, 0.2) is 18.5 Å². The van der Waals surface area contributed by atoms with E-state index in [1.165, 1.54) is 0 Å². The number of aromatic nitrogens is 1. The van der Waals surface area contributed by atoms with Gasteiger partial charge in [0.1, 0.15) is 17.0 Å². The number of likely N-dealkylation sites (tertiary alicyclic amines) is 1. The fourth-order valence-electron chi connectivity index (χ4n) is 3.04. The van der Waals surface area contributed by atoms with Crippen LogP contribution in [0.5, 0.6) is 5.75 Å². The average Bonchev–Trinajstić information content (AvgIpc) is 2.46. The van der Waals surface area contributed by atoms with E-state index < -0.39 is 11.2 Å². The van der Waals surface area contributed by atoms with Crippen molar-refractivity contribution < 1.29 is 19.1 Å². The summed E-state index contributed by atoms with van der Waals surface area (Å²) >= 11 is 0. The van der Waals surface area contributed by atoms with E-state index in [2.05, 4.69) is 4.98 Å². The first-order chi connectivity index (χ1) is 10.8. The normalized spacial score (nSPS) is 20.0. The molecule has 1 fully saturated rings. The molecule has 0 aromatic carbocycles. The van der Waals surface area contributed by atoms with E-state index in [4.69, 9.17) is 9.47 Å². The van der Waals surface area contributed by atoms with Gasteiger partial charge in [-0.2, -0.15) is 0 Å². The van der Waals surface area contributed by atoms with Crippen molar-refractivity contribution in [3.05, 3.63) is 24.0 Å². The van der Waals surface area contributed by atoms with Crippen molar-refractivity contribution in [2.75, 3.05) is 13.1 Å². The van der Waals surface area contributed by atoms with Crippen LogP contribution in [0, 0.1) is 0 Å². The summed E-state index contributed by atoms with van der Waals surface area (Å²) in [4.78, 5) is 30.1. The number of carbonyl (C=O) groups excluding carboxylic acids is 2. The summed E-state index contributed by atoms with van der Waals surface area (Å²) in [6.07, 6.45) is 4.47. The minimum Gasteiger partial charge on any atom is -0.486 e. The molecule has 23 heavy (non-hydrogen) atoms. The van der Waals surface area contributed by atoms with Crippen LogP contribution in [0.4, 0.5) is 4.79 Å². The van der Waals surface area contributed by atoms with Crippen LogP contribution in [-0.4, -0.2) is 46.1 Å². The van der Waals surface area contributed by atoms with E-state index in [0.29, 0.717) is 43.7 Å². The van der Waals surface area contributed by atoms with Gasteiger partial charge in [-0.15, -0.1) is 0 Å². The summed E-state index contributed by atoms with van der Waals surface area (Å²) in [5.41, 5.74) is -0.466. The van der Waals surface area contributed by atoms with Crippen LogP contribution in [0.25, 0.3) is 0 Å². The summed E-state index contributed by atoms with van der Waals surface area (Å²) in [7, 11) is 0. The molecule has 0 radical (unpaired) electrons. The number of ether oxygens (including phenoxy) is 2. The van der Waals surface area contributed by atoms with Crippen LogP contribution in [0.3, 0.4) is 0 Å². The lowest BCUT2D eigenvalue weighted by Crippen LogP contribution is -2.53. The highest BCUT2D eigenvalue weighted by molar-refractivity contribution is 6.00. The summed E-state index contributed by atoms with van der Waals surface area (Å²) in [5.74, 6) is 0.659. The Hall–Kier alpha value is -2.11. The van der Waals surface area contributed by atoms with E-state index in [1.807, 2.05) is 20.8 Å². The van der Waals surface area contributed by atoms with Crippen LogP contribution in [0.1, 0.15) is 50.4 Å². The van der Waals surface area contributed by atoms with Crippen LogP contribution >= 0.6 is 0 Å². The lowest BCUT2D eigenvalue weighted by atomic mass is 9.83. The Labute approximate surface area is 135 Å². The molecule has 0 aliphatic carbocycles. The molecule has 0 unspecified atom stereocenters. The molecule has 3 rings (SSSR count). The number of nitrogens with zero attached hydrogens (tertiary/aromatic N) is 2. The molecule has 0 bridgehead atoms. The van der Waals surface area contributed by atoms with Crippen LogP contribution < -0.4 is 4.74 Å². The number of pyridine rings is 1. The highest BCUT2D eigenvalue weighted by atomic mass is 16.6. The Bertz CT molecular complexity index is 628. The smallest absolute Gasteiger partial charge is 0.410 e. The summed E-state index contributed by atoms with van der Waals surface area (Å²) in [5, 5.41) is 0. The zero-order chi connectivity index (χ0) is 16.7. The molecule has 6 heteroatoms. The summed E-state index contributed by atoms with van der Waals surface area (Å²) < 4.78 is 11.5. The van der Waals surface area contributed by atoms with Gasteiger partial charge in [-0.25, -0.2) is 4.79 Å². The predicted molar refractivity (Wildman–Crippen MR) is 83.6 cm³/mol. The monoisotopic (exact) mass is 318 g/mol. The van der Waals surface area contributed by atoms with E-state index in [0.717, 1.165) is 0 Å².